The van der Waals surface area contributed by atoms with Crippen LogP contribution in [0.2, 0.25) is 0 Å². The van der Waals surface area contributed by atoms with Crippen LogP contribution in [0, 0.1) is 10.1 Å². The summed E-state index contributed by atoms with van der Waals surface area (Å²) in [6, 6.07) is 15.3. The van der Waals surface area contributed by atoms with Crippen LogP contribution in [0.3, 0.4) is 0 Å². The molecule has 19 heteroatoms. The van der Waals surface area contributed by atoms with Gasteiger partial charge < -0.3 is 29.0 Å². The van der Waals surface area contributed by atoms with Gasteiger partial charge in [0.2, 0.25) is 5.69 Å². The standard InChI is InChI=1S/C46H57N3O14S2/c1-45(2)38-31-36(64(54,55)56)18-20-40(38)47(22-10-6-9-13-44(50)51)42(45)11-7-5-8-12-43-46(3,4)39-32-37(65(57,58)59)19-21-41(39)48(43)23-24-60-25-26-61-27-28-62-29-30-63-33-34-14-16-35(17-15-34)49(52)53/h5,7-8,11-12,14-21,31-32H,6,9-10,13,22-30,33H2,1-4H3,(H2-,50,51,54,55,56,57,58,59)/p+1. The Hall–Kier alpha value is -5.12. The number of carboxylic acids is 1. The third kappa shape index (κ3) is 13.5. The number of nitrogens with zero attached hydrogens (tertiary/aromatic N) is 3. The van der Waals surface area contributed by atoms with Crippen LogP contribution in [0.15, 0.2) is 107 Å². The van der Waals surface area contributed by atoms with Crippen LogP contribution in [0.4, 0.5) is 17.1 Å². The van der Waals surface area contributed by atoms with E-state index in [9.17, 15) is 40.8 Å². The van der Waals surface area contributed by atoms with Crippen molar-refractivity contribution in [3.63, 3.8) is 0 Å². The van der Waals surface area contributed by atoms with Gasteiger partial charge in [-0.05, 0) is 86.4 Å². The third-order valence-electron chi connectivity index (χ3n) is 11.3. The molecule has 2 aliphatic heterocycles. The number of anilines is 1. The van der Waals surface area contributed by atoms with Crippen molar-refractivity contribution in [1.82, 2.24) is 0 Å². The summed E-state index contributed by atoms with van der Waals surface area (Å²) in [5, 5.41) is 19.9. The van der Waals surface area contributed by atoms with Gasteiger partial charge in [0.25, 0.3) is 25.9 Å². The summed E-state index contributed by atoms with van der Waals surface area (Å²) in [7, 11) is -8.90. The summed E-state index contributed by atoms with van der Waals surface area (Å²) in [4.78, 5) is 23.1. The summed E-state index contributed by atoms with van der Waals surface area (Å²) >= 11 is 0. The van der Waals surface area contributed by atoms with E-state index in [0.29, 0.717) is 90.8 Å². The number of fused-ring (bicyclic) bond motifs is 2. The number of non-ortho nitro benzene ring substituents is 1. The highest BCUT2D eigenvalue weighted by Crippen LogP contribution is 2.48. The molecule has 3 aromatic rings. The molecule has 0 saturated carbocycles. The second kappa shape index (κ2) is 22.4. The predicted molar refractivity (Wildman–Crippen MR) is 243 cm³/mol. The fourth-order valence-electron chi connectivity index (χ4n) is 7.91. The fourth-order valence-corrected chi connectivity index (χ4v) is 8.93. The van der Waals surface area contributed by atoms with Crippen molar-refractivity contribution in [2.45, 2.75) is 80.6 Å². The summed E-state index contributed by atoms with van der Waals surface area (Å²) in [6.07, 6.45) is 11.5. The first-order valence-corrected chi connectivity index (χ1v) is 24.1. The van der Waals surface area contributed by atoms with E-state index in [4.69, 9.17) is 24.1 Å². The average Bonchev–Trinajstić information content (AvgIpc) is 3.58. The Balaban J connectivity index is 1.20. The molecule has 0 amide bonds. The first-order chi connectivity index (χ1) is 30.7. The predicted octanol–water partition coefficient (Wildman–Crippen LogP) is 7.17. The van der Waals surface area contributed by atoms with Gasteiger partial charge in [0.1, 0.15) is 6.61 Å². The zero-order valence-electron chi connectivity index (χ0n) is 37.1. The quantitative estimate of drug-likeness (QED) is 0.0181. The molecule has 352 valence electrons. The minimum absolute atomic E-state index is 0.0251. The summed E-state index contributed by atoms with van der Waals surface area (Å²) < 4.78 is 92.8. The lowest BCUT2D eigenvalue weighted by Crippen LogP contribution is -2.29. The number of unbranched alkanes of at least 4 members (excludes halogenated alkanes) is 2. The molecule has 17 nitrogen and oxygen atoms in total. The number of aliphatic carboxylic acids is 1. The molecule has 65 heavy (non-hydrogen) atoms. The lowest BCUT2D eigenvalue weighted by molar-refractivity contribution is -0.442. The molecule has 0 aliphatic carbocycles. The number of carboxylic acid groups (broad SMARTS) is 1. The molecule has 5 rings (SSSR count). The van der Waals surface area contributed by atoms with Crippen LogP contribution in [-0.4, -0.2) is 112 Å². The molecular formula is C46H58N3O14S2+. The van der Waals surface area contributed by atoms with E-state index in [0.717, 1.165) is 33.9 Å². The van der Waals surface area contributed by atoms with Gasteiger partial charge in [-0.15, -0.1) is 0 Å². The van der Waals surface area contributed by atoms with Crippen LogP contribution >= 0.6 is 0 Å². The van der Waals surface area contributed by atoms with Crippen molar-refractivity contribution < 1.29 is 64.3 Å². The van der Waals surface area contributed by atoms with Gasteiger partial charge in [-0.1, -0.05) is 38.5 Å². The number of hydrogen-bond acceptors (Lipinski definition) is 12. The number of allylic oxidation sites excluding steroid dienone is 6. The van der Waals surface area contributed by atoms with Crippen molar-refractivity contribution in [2.75, 3.05) is 64.2 Å². The Labute approximate surface area is 380 Å². The van der Waals surface area contributed by atoms with Crippen LogP contribution in [0.5, 0.6) is 0 Å². The van der Waals surface area contributed by atoms with Crippen LogP contribution < -0.4 is 4.90 Å². The van der Waals surface area contributed by atoms with Gasteiger partial charge in [-0.25, -0.2) is 0 Å². The molecular weight excluding hydrogens is 883 g/mol. The van der Waals surface area contributed by atoms with Crippen molar-refractivity contribution >= 4 is 49.0 Å². The van der Waals surface area contributed by atoms with Gasteiger partial charge in [0.05, 0.1) is 66.4 Å². The molecule has 3 N–H and O–H groups in total. The van der Waals surface area contributed by atoms with Crippen LogP contribution in [0.1, 0.15) is 70.1 Å². The lowest BCUT2D eigenvalue weighted by atomic mass is 9.81. The van der Waals surface area contributed by atoms with Crippen molar-refractivity contribution in [1.29, 1.82) is 0 Å². The number of carbonyl (C=O) groups is 1. The SMILES string of the molecule is CC1(C)C(/C=C/C=C/C=C2/N(CCCCCC(=O)O)c3ccc(S(=O)(=O)O)cc3C2(C)C)=[N+](CCOCCOCCOCCOCc2ccc([N+](=O)[O-])cc2)c2ccc(S(=O)(=O)O)cc21. The van der Waals surface area contributed by atoms with E-state index in [2.05, 4.69) is 9.48 Å². The topological polar surface area (TPSA) is 232 Å². The third-order valence-corrected chi connectivity index (χ3v) is 13.0. The van der Waals surface area contributed by atoms with E-state index < -0.39 is 42.0 Å². The van der Waals surface area contributed by atoms with Gasteiger partial charge in [0, 0.05) is 59.6 Å². The molecule has 3 aromatic carbocycles. The van der Waals surface area contributed by atoms with Gasteiger partial charge in [-0.3, -0.25) is 24.0 Å². The number of nitro benzene ring substituents is 1. The largest absolute Gasteiger partial charge is 0.481 e. The normalized spacial score (nSPS) is 16.3. The smallest absolute Gasteiger partial charge is 0.303 e. The minimum atomic E-state index is -4.46. The first kappa shape index (κ1) is 50.9. The Morgan fingerprint density at radius 1 is 0.738 bits per heavy atom. The highest BCUT2D eigenvalue weighted by atomic mass is 32.2. The molecule has 0 fully saturated rings. The average molecular weight is 941 g/mol. The molecule has 0 atom stereocenters. The molecule has 0 radical (unpaired) electrons. The van der Waals surface area contributed by atoms with Crippen molar-refractivity contribution in [3.8, 4) is 0 Å². The molecule has 0 aromatic heterocycles. The van der Waals surface area contributed by atoms with E-state index in [1.165, 1.54) is 36.4 Å². The van der Waals surface area contributed by atoms with E-state index in [1.54, 1.807) is 24.3 Å². The zero-order valence-corrected chi connectivity index (χ0v) is 38.7. The van der Waals surface area contributed by atoms with E-state index >= 15 is 0 Å². The van der Waals surface area contributed by atoms with Gasteiger partial charge in [0.15, 0.2) is 12.3 Å². The number of benzene rings is 3. The monoisotopic (exact) mass is 940 g/mol. The van der Waals surface area contributed by atoms with Crippen LogP contribution in [-0.2, 0) is 61.4 Å². The number of rotatable bonds is 26. The van der Waals surface area contributed by atoms with Gasteiger partial charge >= 0.3 is 5.97 Å². The second-order valence-electron chi connectivity index (χ2n) is 16.6. The Kier molecular flexibility index (Phi) is 17.5. The highest BCUT2D eigenvalue weighted by molar-refractivity contribution is 7.86. The summed E-state index contributed by atoms with van der Waals surface area (Å²) in [5.41, 5.74) is 4.30. The molecule has 0 saturated heterocycles. The maximum absolute atomic E-state index is 12.1. The lowest BCUT2D eigenvalue weighted by Gasteiger charge is -2.27. The van der Waals surface area contributed by atoms with E-state index in [-0.39, 0.29) is 21.9 Å². The fraction of sp³-hybridized carbons (Fsp3) is 0.435. The molecule has 0 spiro atoms. The summed E-state index contributed by atoms with van der Waals surface area (Å²) in [6.45, 7) is 11.6. The Morgan fingerprint density at radius 2 is 1.32 bits per heavy atom. The van der Waals surface area contributed by atoms with Gasteiger partial charge in [-0.2, -0.15) is 21.4 Å². The Morgan fingerprint density at radius 3 is 1.92 bits per heavy atom. The first-order valence-electron chi connectivity index (χ1n) is 21.2. The molecule has 0 unspecified atom stereocenters. The molecule has 0 bridgehead atoms. The van der Waals surface area contributed by atoms with Crippen molar-refractivity contribution in [3.05, 3.63) is 124 Å². The number of nitro groups is 1. The number of hydrogen-bond donors (Lipinski definition) is 3. The maximum atomic E-state index is 12.1. The van der Waals surface area contributed by atoms with Crippen LogP contribution in [0.25, 0.3) is 0 Å². The number of ether oxygens (including phenoxy) is 4. The highest BCUT2D eigenvalue weighted by Gasteiger charge is 2.45. The van der Waals surface area contributed by atoms with Crippen molar-refractivity contribution in [2.24, 2.45) is 0 Å². The summed E-state index contributed by atoms with van der Waals surface area (Å²) in [5.74, 6) is -0.849. The maximum Gasteiger partial charge on any atom is 0.303 e. The van der Waals surface area contributed by atoms with E-state index in [1.807, 2.05) is 58.1 Å². The molecule has 2 aliphatic rings. The molecule has 2 heterocycles. The zero-order chi connectivity index (χ0) is 47.4. The minimum Gasteiger partial charge on any atom is -0.481 e. The Bertz CT molecular complexity index is 2530. The second-order valence-corrected chi connectivity index (χ2v) is 19.4.